The predicted molar refractivity (Wildman–Crippen MR) is 76.1 cm³/mol. The Hall–Kier alpha value is -1.12. The topological polar surface area (TPSA) is 24.1 Å². The Morgan fingerprint density at radius 1 is 1.12 bits per heavy atom. The molecule has 94 valence electrons. The van der Waals surface area contributed by atoms with E-state index in [9.17, 15) is 0 Å². The highest BCUT2D eigenvalue weighted by Gasteiger charge is 1.92. The average Bonchev–Trinajstić information content (AvgIpc) is 2.35. The molecule has 0 unspecified atom stereocenters. The van der Waals surface area contributed by atoms with Crippen molar-refractivity contribution < 1.29 is 0 Å². The van der Waals surface area contributed by atoms with E-state index in [1.165, 1.54) is 24.0 Å². The van der Waals surface area contributed by atoms with Crippen LogP contribution in [0.2, 0.25) is 0 Å². The molecule has 0 atom stereocenters. The second kappa shape index (κ2) is 8.97. The van der Waals surface area contributed by atoms with Gasteiger partial charge in [0.15, 0.2) is 0 Å². The van der Waals surface area contributed by atoms with Crippen LogP contribution in [0.1, 0.15) is 25.3 Å². The lowest BCUT2D eigenvalue weighted by atomic mass is 10.1. The second-order valence-corrected chi connectivity index (χ2v) is 4.39. The highest BCUT2D eigenvalue weighted by atomic mass is 14.8. The summed E-state index contributed by atoms with van der Waals surface area (Å²) in [5, 5.41) is 6.63. The van der Waals surface area contributed by atoms with Crippen LogP contribution in [0.25, 0.3) is 6.08 Å². The molecular weight excluding hydrogens is 208 g/mol. The molecule has 0 fully saturated rings. The van der Waals surface area contributed by atoms with E-state index in [-0.39, 0.29) is 0 Å². The Balaban J connectivity index is 2.17. The van der Waals surface area contributed by atoms with Crippen molar-refractivity contribution in [2.45, 2.75) is 19.8 Å². The summed E-state index contributed by atoms with van der Waals surface area (Å²) in [5.74, 6) is 0. The first-order chi connectivity index (χ1) is 8.33. The van der Waals surface area contributed by atoms with Crippen molar-refractivity contribution in [1.82, 2.24) is 10.6 Å². The SMILES string of the molecule is CNCCCCNC/C(C)=C/c1ccccc1. The van der Waals surface area contributed by atoms with E-state index in [2.05, 4.69) is 47.9 Å². The van der Waals surface area contributed by atoms with E-state index in [1.54, 1.807) is 0 Å². The van der Waals surface area contributed by atoms with E-state index in [0.717, 1.165) is 19.6 Å². The number of unbranched alkanes of at least 4 members (excludes halogenated alkanes) is 1. The molecule has 0 saturated heterocycles. The smallest absolute Gasteiger partial charge is 0.0165 e. The third-order valence-corrected chi connectivity index (χ3v) is 2.65. The van der Waals surface area contributed by atoms with Gasteiger partial charge in [-0.15, -0.1) is 0 Å². The van der Waals surface area contributed by atoms with Gasteiger partial charge in [0.25, 0.3) is 0 Å². The van der Waals surface area contributed by atoms with Crippen molar-refractivity contribution in [1.29, 1.82) is 0 Å². The largest absolute Gasteiger partial charge is 0.320 e. The zero-order valence-corrected chi connectivity index (χ0v) is 11.0. The molecule has 2 nitrogen and oxygen atoms in total. The maximum Gasteiger partial charge on any atom is 0.0165 e. The van der Waals surface area contributed by atoms with Gasteiger partial charge >= 0.3 is 0 Å². The molecule has 0 bridgehead atoms. The fourth-order valence-corrected chi connectivity index (χ4v) is 1.72. The van der Waals surface area contributed by atoms with Gasteiger partial charge in [-0.1, -0.05) is 42.0 Å². The molecule has 0 saturated carbocycles. The van der Waals surface area contributed by atoms with Crippen molar-refractivity contribution >= 4 is 6.08 Å². The first-order valence-electron chi connectivity index (χ1n) is 6.40. The molecule has 17 heavy (non-hydrogen) atoms. The van der Waals surface area contributed by atoms with E-state index >= 15 is 0 Å². The lowest BCUT2D eigenvalue weighted by molar-refractivity contribution is 0.624. The van der Waals surface area contributed by atoms with Crippen LogP contribution in [0.15, 0.2) is 35.9 Å². The van der Waals surface area contributed by atoms with Crippen molar-refractivity contribution in [3.8, 4) is 0 Å². The molecule has 0 aromatic heterocycles. The van der Waals surface area contributed by atoms with Crippen LogP contribution in [-0.2, 0) is 0 Å². The van der Waals surface area contributed by atoms with Gasteiger partial charge < -0.3 is 10.6 Å². The van der Waals surface area contributed by atoms with Crippen molar-refractivity contribution in [3.05, 3.63) is 41.5 Å². The van der Waals surface area contributed by atoms with Crippen LogP contribution in [0.3, 0.4) is 0 Å². The van der Waals surface area contributed by atoms with Crippen molar-refractivity contribution in [2.75, 3.05) is 26.7 Å². The minimum Gasteiger partial charge on any atom is -0.320 e. The van der Waals surface area contributed by atoms with Gasteiger partial charge in [-0.3, -0.25) is 0 Å². The zero-order chi connectivity index (χ0) is 12.3. The van der Waals surface area contributed by atoms with Gasteiger partial charge in [0.2, 0.25) is 0 Å². The lowest BCUT2D eigenvalue weighted by Gasteiger charge is -2.05. The molecule has 1 aromatic carbocycles. The summed E-state index contributed by atoms with van der Waals surface area (Å²) in [5.41, 5.74) is 2.66. The highest BCUT2D eigenvalue weighted by Crippen LogP contribution is 2.05. The van der Waals surface area contributed by atoms with Gasteiger partial charge in [0.05, 0.1) is 0 Å². The lowest BCUT2D eigenvalue weighted by Crippen LogP contribution is -2.19. The monoisotopic (exact) mass is 232 g/mol. The number of hydrogen-bond acceptors (Lipinski definition) is 2. The maximum atomic E-state index is 3.47. The fraction of sp³-hybridized carbons (Fsp3) is 0.467. The molecule has 0 aliphatic carbocycles. The summed E-state index contributed by atoms with van der Waals surface area (Å²) in [6.45, 7) is 5.37. The minimum absolute atomic E-state index is 0.981. The van der Waals surface area contributed by atoms with Crippen LogP contribution >= 0.6 is 0 Å². The quantitative estimate of drug-likeness (QED) is 0.673. The molecule has 2 heteroatoms. The number of nitrogens with one attached hydrogen (secondary N) is 2. The Labute approximate surface area is 105 Å². The first-order valence-corrected chi connectivity index (χ1v) is 6.40. The van der Waals surface area contributed by atoms with E-state index in [0.29, 0.717) is 0 Å². The molecule has 0 radical (unpaired) electrons. The first kappa shape index (κ1) is 13.9. The van der Waals surface area contributed by atoms with Crippen LogP contribution in [0.5, 0.6) is 0 Å². The summed E-state index contributed by atoms with van der Waals surface area (Å²) in [6.07, 6.45) is 4.71. The molecule has 0 heterocycles. The Bertz CT molecular complexity index is 317. The highest BCUT2D eigenvalue weighted by molar-refractivity contribution is 5.52. The molecular formula is C15H24N2. The second-order valence-electron chi connectivity index (χ2n) is 4.39. The molecule has 0 spiro atoms. The molecule has 1 aromatic rings. The molecule has 2 N–H and O–H groups in total. The average molecular weight is 232 g/mol. The van der Waals surface area contributed by atoms with Gasteiger partial charge in [0, 0.05) is 6.54 Å². The third kappa shape index (κ3) is 6.93. The summed E-state index contributed by atoms with van der Waals surface area (Å²) >= 11 is 0. The van der Waals surface area contributed by atoms with Crippen molar-refractivity contribution in [3.63, 3.8) is 0 Å². The molecule has 0 aliphatic rings. The summed E-state index contributed by atoms with van der Waals surface area (Å²) in [4.78, 5) is 0. The van der Waals surface area contributed by atoms with Crippen LogP contribution < -0.4 is 10.6 Å². The Morgan fingerprint density at radius 3 is 2.53 bits per heavy atom. The Morgan fingerprint density at radius 2 is 1.82 bits per heavy atom. The van der Waals surface area contributed by atoms with Crippen LogP contribution in [-0.4, -0.2) is 26.7 Å². The minimum atomic E-state index is 0.981. The number of hydrogen-bond donors (Lipinski definition) is 2. The predicted octanol–water partition coefficient (Wildman–Crippen LogP) is 2.68. The summed E-state index contributed by atoms with van der Waals surface area (Å²) < 4.78 is 0. The standard InChI is InChI=1S/C15H24N2/c1-14(12-15-8-4-3-5-9-15)13-17-11-7-6-10-16-2/h3-5,8-9,12,16-17H,6-7,10-11,13H2,1-2H3/b14-12+. The van der Waals surface area contributed by atoms with Crippen LogP contribution in [0, 0.1) is 0 Å². The van der Waals surface area contributed by atoms with E-state index in [4.69, 9.17) is 0 Å². The van der Waals surface area contributed by atoms with Gasteiger partial charge in [0.1, 0.15) is 0 Å². The molecule has 0 amide bonds. The van der Waals surface area contributed by atoms with Gasteiger partial charge in [-0.05, 0) is 45.5 Å². The van der Waals surface area contributed by atoms with Crippen LogP contribution in [0.4, 0.5) is 0 Å². The maximum absolute atomic E-state index is 3.47. The van der Waals surface area contributed by atoms with Gasteiger partial charge in [-0.25, -0.2) is 0 Å². The third-order valence-electron chi connectivity index (χ3n) is 2.65. The molecule has 0 aliphatic heterocycles. The van der Waals surface area contributed by atoms with Gasteiger partial charge in [-0.2, -0.15) is 0 Å². The molecule has 1 rings (SSSR count). The summed E-state index contributed by atoms with van der Waals surface area (Å²) in [7, 11) is 2.00. The normalized spacial score (nSPS) is 11.8. The zero-order valence-electron chi connectivity index (χ0n) is 11.0. The van der Waals surface area contributed by atoms with E-state index in [1.807, 2.05) is 13.1 Å². The summed E-state index contributed by atoms with van der Waals surface area (Å²) in [6, 6.07) is 10.5. The Kier molecular flexibility index (Phi) is 7.35. The fourth-order valence-electron chi connectivity index (χ4n) is 1.72. The number of rotatable bonds is 8. The van der Waals surface area contributed by atoms with Crippen molar-refractivity contribution in [2.24, 2.45) is 0 Å². The van der Waals surface area contributed by atoms with E-state index < -0.39 is 0 Å². The number of benzene rings is 1.